The molecule has 0 saturated carbocycles. The molecule has 0 bridgehead atoms. The van der Waals surface area contributed by atoms with Crippen molar-refractivity contribution in [2.45, 2.75) is 32.6 Å². The molecule has 1 aromatic heterocycles. The molecule has 5 heteroatoms. The Morgan fingerprint density at radius 2 is 1.96 bits per heavy atom. The van der Waals surface area contributed by atoms with Gasteiger partial charge >= 0.3 is 5.97 Å². The van der Waals surface area contributed by atoms with Gasteiger partial charge in [-0.25, -0.2) is 0 Å². The molecule has 1 N–H and O–H groups in total. The molecule has 1 amide bonds. The van der Waals surface area contributed by atoms with Crippen LogP contribution in [-0.4, -0.2) is 41.5 Å². The number of aromatic amines is 1. The molecule has 1 aliphatic rings. The number of benzene rings is 1. The van der Waals surface area contributed by atoms with Gasteiger partial charge in [0.25, 0.3) is 0 Å². The lowest BCUT2D eigenvalue weighted by molar-refractivity contribution is -0.145. The van der Waals surface area contributed by atoms with Crippen molar-refractivity contribution in [3.05, 3.63) is 35.5 Å². The average molecular weight is 314 g/mol. The minimum Gasteiger partial charge on any atom is -0.466 e. The zero-order chi connectivity index (χ0) is 16.2. The van der Waals surface area contributed by atoms with Gasteiger partial charge < -0.3 is 14.6 Å². The lowest BCUT2D eigenvalue weighted by Crippen LogP contribution is -2.33. The summed E-state index contributed by atoms with van der Waals surface area (Å²) in [5, 5.41) is 1.25. The Morgan fingerprint density at radius 3 is 2.78 bits per heavy atom. The van der Waals surface area contributed by atoms with E-state index in [4.69, 9.17) is 4.74 Å². The van der Waals surface area contributed by atoms with Crippen LogP contribution < -0.4 is 0 Å². The number of amides is 1. The summed E-state index contributed by atoms with van der Waals surface area (Å²) in [5.41, 5.74) is 3.72. The smallest absolute Gasteiger partial charge is 0.306 e. The van der Waals surface area contributed by atoms with Crippen LogP contribution in [0, 0.1) is 0 Å². The van der Waals surface area contributed by atoms with Gasteiger partial charge in [-0.15, -0.1) is 0 Å². The number of hydrogen-bond donors (Lipinski definition) is 1. The molecule has 2 aromatic rings. The molecule has 1 aliphatic heterocycles. The van der Waals surface area contributed by atoms with E-state index in [1.165, 1.54) is 22.2 Å². The van der Waals surface area contributed by atoms with Crippen LogP contribution in [0.4, 0.5) is 0 Å². The molecule has 0 saturated heterocycles. The predicted octanol–water partition coefficient (Wildman–Crippen LogP) is 2.44. The quantitative estimate of drug-likeness (QED) is 0.882. The molecular weight excluding hydrogens is 292 g/mol. The van der Waals surface area contributed by atoms with E-state index in [1.807, 2.05) is 17.0 Å². The Bertz CT molecular complexity index is 720. The van der Waals surface area contributed by atoms with E-state index in [9.17, 15) is 9.59 Å². The number of para-hydroxylation sites is 1. The Morgan fingerprint density at radius 1 is 1.17 bits per heavy atom. The van der Waals surface area contributed by atoms with Gasteiger partial charge in [-0.05, 0) is 25.0 Å². The first-order chi connectivity index (χ1) is 11.2. The van der Waals surface area contributed by atoms with E-state index in [1.54, 1.807) is 6.92 Å². The molecule has 122 valence electrons. The molecule has 3 rings (SSSR count). The fourth-order valence-corrected chi connectivity index (χ4v) is 3.21. The summed E-state index contributed by atoms with van der Waals surface area (Å²) < 4.78 is 4.88. The summed E-state index contributed by atoms with van der Waals surface area (Å²) in [4.78, 5) is 29.0. The summed E-state index contributed by atoms with van der Waals surface area (Å²) in [6.07, 6.45) is 2.07. The third-order valence-corrected chi connectivity index (χ3v) is 4.37. The van der Waals surface area contributed by atoms with E-state index in [-0.39, 0.29) is 24.7 Å². The normalized spacial score (nSPS) is 14.4. The zero-order valence-corrected chi connectivity index (χ0v) is 13.4. The summed E-state index contributed by atoms with van der Waals surface area (Å²) in [6.45, 7) is 3.53. The summed E-state index contributed by atoms with van der Waals surface area (Å²) >= 11 is 0. The molecule has 0 fully saturated rings. The third kappa shape index (κ3) is 3.38. The van der Waals surface area contributed by atoms with Gasteiger partial charge in [0, 0.05) is 42.5 Å². The Balaban J connectivity index is 1.63. The number of carbonyl (C=O) groups excluding carboxylic acids is 2. The molecule has 0 spiro atoms. The number of nitrogens with zero attached hydrogens (tertiary/aromatic N) is 1. The summed E-state index contributed by atoms with van der Waals surface area (Å²) in [7, 11) is 0. The van der Waals surface area contributed by atoms with Crippen LogP contribution in [0.2, 0.25) is 0 Å². The van der Waals surface area contributed by atoms with E-state index >= 15 is 0 Å². The van der Waals surface area contributed by atoms with Gasteiger partial charge in [-0.2, -0.15) is 0 Å². The maximum Gasteiger partial charge on any atom is 0.306 e. The van der Waals surface area contributed by atoms with E-state index < -0.39 is 0 Å². The van der Waals surface area contributed by atoms with Crippen LogP contribution >= 0.6 is 0 Å². The monoisotopic (exact) mass is 314 g/mol. The number of esters is 1. The maximum absolute atomic E-state index is 12.3. The summed E-state index contributed by atoms with van der Waals surface area (Å²) in [6, 6.07) is 8.29. The first-order valence-electron chi connectivity index (χ1n) is 8.21. The zero-order valence-electron chi connectivity index (χ0n) is 13.4. The van der Waals surface area contributed by atoms with Crippen LogP contribution in [0.15, 0.2) is 24.3 Å². The Labute approximate surface area is 135 Å². The van der Waals surface area contributed by atoms with Gasteiger partial charge in [0.05, 0.1) is 13.0 Å². The van der Waals surface area contributed by atoms with Crippen LogP contribution in [0.1, 0.15) is 31.0 Å². The van der Waals surface area contributed by atoms with E-state index in [0.717, 1.165) is 12.8 Å². The molecule has 0 aliphatic carbocycles. The van der Waals surface area contributed by atoms with Gasteiger partial charge in [0.2, 0.25) is 5.91 Å². The van der Waals surface area contributed by atoms with Crippen molar-refractivity contribution in [1.29, 1.82) is 0 Å². The van der Waals surface area contributed by atoms with E-state index in [2.05, 4.69) is 17.1 Å². The lowest BCUT2D eigenvalue weighted by atomic mass is 10.1. The van der Waals surface area contributed by atoms with Crippen LogP contribution in [0.25, 0.3) is 10.9 Å². The third-order valence-electron chi connectivity index (χ3n) is 4.37. The van der Waals surface area contributed by atoms with Crippen LogP contribution in [0.5, 0.6) is 0 Å². The van der Waals surface area contributed by atoms with Gasteiger partial charge in [-0.3, -0.25) is 9.59 Å². The van der Waals surface area contributed by atoms with Crippen molar-refractivity contribution in [2.24, 2.45) is 0 Å². The minimum atomic E-state index is -0.299. The molecule has 0 atom stereocenters. The fraction of sp³-hybridized carbons (Fsp3) is 0.444. The molecular formula is C18H22N2O3. The number of nitrogens with one attached hydrogen (secondary N) is 1. The number of carbonyl (C=O) groups is 2. The topological polar surface area (TPSA) is 62.4 Å². The molecule has 2 heterocycles. The first kappa shape index (κ1) is 15.6. The molecule has 5 nitrogen and oxygen atoms in total. The van der Waals surface area contributed by atoms with Crippen LogP contribution in [-0.2, 0) is 27.2 Å². The highest BCUT2D eigenvalue weighted by molar-refractivity contribution is 5.85. The number of H-pyrrole nitrogens is 1. The second-order valence-corrected chi connectivity index (χ2v) is 5.81. The number of hydrogen-bond acceptors (Lipinski definition) is 3. The molecule has 1 aromatic carbocycles. The minimum absolute atomic E-state index is 0.0347. The second kappa shape index (κ2) is 6.86. The van der Waals surface area contributed by atoms with Gasteiger partial charge in [0.1, 0.15) is 0 Å². The van der Waals surface area contributed by atoms with Gasteiger partial charge in [-0.1, -0.05) is 18.2 Å². The predicted molar refractivity (Wildman–Crippen MR) is 88.2 cm³/mol. The Hall–Kier alpha value is -2.30. The largest absolute Gasteiger partial charge is 0.466 e. The first-order valence-corrected chi connectivity index (χ1v) is 8.21. The standard InChI is InChI=1S/C18H22N2O3/c1-2-23-18(22)8-7-17(21)20-11-9-14-13-5-3-4-6-15(13)19-16(14)10-12-20/h3-6,19H,2,7-12H2,1H3. The second-order valence-electron chi connectivity index (χ2n) is 5.81. The highest BCUT2D eigenvalue weighted by Gasteiger charge is 2.21. The van der Waals surface area contributed by atoms with Crippen molar-refractivity contribution in [2.75, 3.05) is 19.7 Å². The maximum atomic E-state index is 12.3. The summed E-state index contributed by atoms with van der Waals surface area (Å²) in [5.74, 6) is -0.264. The van der Waals surface area contributed by atoms with Gasteiger partial charge in [0.15, 0.2) is 0 Å². The van der Waals surface area contributed by atoms with Crippen molar-refractivity contribution < 1.29 is 14.3 Å². The molecule has 0 unspecified atom stereocenters. The van der Waals surface area contributed by atoms with Crippen molar-refractivity contribution in [1.82, 2.24) is 9.88 Å². The Kier molecular flexibility index (Phi) is 4.65. The van der Waals surface area contributed by atoms with Crippen molar-refractivity contribution >= 4 is 22.8 Å². The average Bonchev–Trinajstić information content (AvgIpc) is 2.77. The number of ether oxygens (including phenoxy) is 1. The molecule has 23 heavy (non-hydrogen) atoms. The molecule has 0 radical (unpaired) electrons. The number of fused-ring (bicyclic) bond motifs is 3. The highest BCUT2D eigenvalue weighted by atomic mass is 16.5. The SMILES string of the molecule is CCOC(=O)CCC(=O)N1CCc2[nH]c3ccccc3c2CC1. The highest BCUT2D eigenvalue weighted by Crippen LogP contribution is 2.25. The lowest BCUT2D eigenvalue weighted by Gasteiger charge is -2.20. The van der Waals surface area contributed by atoms with E-state index in [0.29, 0.717) is 19.7 Å². The van der Waals surface area contributed by atoms with Crippen molar-refractivity contribution in [3.8, 4) is 0 Å². The van der Waals surface area contributed by atoms with Crippen molar-refractivity contribution in [3.63, 3.8) is 0 Å². The number of rotatable bonds is 4. The van der Waals surface area contributed by atoms with Crippen LogP contribution in [0.3, 0.4) is 0 Å². The number of aromatic nitrogens is 1. The fourth-order valence-electron chi connectivity index (χ4n) is 3.21.